The van der Waals surface area contributed by atoms with Gasteiger partial charge >= 0.3 is 0 Å². The zero-order valence-electron chi connectivity index (χ0n) is 17.9. The number of rotatable bonds is 6. The van der Waals surface area contributed by atoms with Crippen molar-refractivity contribution in [1.29, 1.82) is 0 Å². The molecule has 1 amide bonds. The number of carbonyl (C=O) groups excluding carboxylic acids is 1. The number of nitrogens with one attached hydrogen (secondary N) is 1. The molecule has 1 fully saturated rings. The molecule has 3 heterocycles. The molecule has 168 valence electrons. The van der Waals surface area contributed by atoms with E-state index in [-0.39, 0.29) is 22.3 Å². The van der Waals surface area contributed by atoms with Crippen LogP contribution >= 0.6 is 0 Å². The van der Waals surface area contributed by atoms with E-state index in [0.29, 0.717) is 18.1 Å². The normalized spacial score (nSPS) is 17.1. The van der Waals surface area contributed by atoms with Gasteiger partial charge in [-0.2, -0.15) is 9.40 Å². The van der Waals surface area contributed by atoms with Crippen LogP contribution in [0.5, 0.6) is 5.75 Å². The van der Waals surface area contributed by atoms with Crippen LogP contribution in [-0.2, 0) is 10.0 Å². The second-order valence-electron chi connectivity index (χ2n) is 7.61. The molecule has 0 spiro atoms. The Hall–Kier alpha value is -3.24. The number of amides is 1. The van der Waals surface area contributed by atoms with Crippen LogP contribution in [0.4, 0.5) is 5.69 Å². The molecule has 4 rings (SSSR count). The Bertz CT molecular complexity index is 1210. The molecule has 3 aromatic rings. The minimum absolute atomic E-state index is 0.0140. The zero-order valence-corrected chi connectivity index (χ0v) is 18.7. The first-order valence-electron chi connectivity index (χ1n) is 10.4. The van der Waals surface area contributed by atoms with Gasteiger partial charge in [-0.3, -0.25) is 4.79 Å². The zero-order chi connectivity index (χ0) is 22.7. The second-order valence-corrected chi connectivity index (χ2v) is 9.46. The molecule has 1 aromatic carbocycles. The van der Waals surface area contributed by atoms with E-state index in [1.165, 1.54) is 34.3 Å². The van der Waals surface area contributed by atoms with Crippen LogP contribution in [0, 0.1) is 0 Å². The van der Waals surface area contributed by atoms with E-state index >= 15 is 0 Å². The van der Waals surface area contributed by atoms with Gasteiger partial charge in [-0.1, -0.05) is 6.42 Å². The average Bonchev–Trinajstić information content (AvgIpc) is 3.34. The lowest BCUT2D eigenvalue weighted by Gasteiger charge is -2.32. The molecule has 9 nitrogen and oxygen atoms in total. The Balaban J connectivity index is 1.67. The van der Waals surface area contributed by atoms with E-state index in [2.05, 4.69) is 15.4 Å². The van der Waals surface area contributed by atoms with Gasteiger partial charge < -0.3 is 10.1 Å². The molecular weight excluding hydrogens is 430 g/mol. The maximum absolute atomic E-state index is 13.4. The highest BCUT2D eigenvalue weighted by Gasteiger charge is 2.33. The number of carbonyl (C=O) groups is 1. The molecule has 0 aliphatic carbocycles. The van der Waals surface area contributed by atoms with Gasteiger partial charge in [0.1, 0.15) is 10.6 Å². The van der Waals surface area contributed by atoms with Gasteiger partial charge in [0.05, 0.1) is 12.8 Å². The van der Waals surface area contributed by atoms with Crippen LogP contribution in [0.25, 0.3) is 5.82 Å². The lowest BCUT2D eigenvalue weighted by molar-refractivity contribution is 0.102. The third-order valence-corrected chi connectivity index (χ3v) is 7.55. The third-order valence-electron chi connectivity index (χ3n) is 5.51. The van der Waals surface area contributed by atoms with Crippen LogP contribution in [0.15, 0.2) is 59.9 Å². The van der Waals surface area contributed by atoms with Crippen LogP contribution < -0.4 is 10.1 Å². The average molecular weight is 456 g/mol. The van der Waals surface area contributed by atoms with Crippen molar-refractivity contribution in [3.05, 3.63) is 60.6 Å². The fourth-order valence-electron chi connectivity index (χ4n) is 3.84. The second kappa shape index (κ2) is 9.09. The number of pyridine rings is 1. The van der Waals surface area contributed by atoms with Crippen molar-refractivity contribution >= 4 is 21.6 Å². The van der Waals surface area contributed by atoms with Crippen LogP contribution in [0.3, 0.4) is 0 Å². The molecule has 0 unspecified atom stereocenters. The first-order chi connectivity index (χ1) is 15.4. The molecule has 32 heavy (non-hydrogen) atoms. The van der Waals surface area contributed by atoms with Crippen molar-refractivity contribution in [1.82, 2.24) is 19.1 Å². The summed E-state index contributed by atoms with van der Waals surface area (Å²) in [5.74, 6) is 0.199. The number of piperidine rings is 1. The number of hydrogen-bond donors (Lipinski definition) is 1. The summed E-state index contributed by atoms with van der Waals surface area (Å²) in [4.78, 5) is 17.3. The lowest BCUT2D eigenvalue weighted by Crippen LogP contribution is -2.42. The number of methoxy groups -OCH3 is 1. The van der Waals surface area contributed by atoms with Crippen LogP contribution in [-0.4, -0.2) is 53.1 Å². The number of hydrogen-bond acceptors (Lipinski definition) is 6. The predicted molar refractivity (Wildman–Crippen MR) is 120 cm³/mol. The van der Waals surface area contributed by atoms with Gasteiger partial charge in [-0.05, 0) is 56.2 Å². The molecular formula is C22H25N5O4S. The topological polar surface area (TPSA) is 106 Å². The number of nitrogens with zero attached hydrogens (tertiary/aromatic N) is 4. The van der Waals surface area contributed by atoms with E-state index in [4.69, 9.17) is 4.74 Å². The highest BCUT2D eigenvalue weighted by molar-refractivity contribution is 7.89. The SMILES string of the molecule is COc1ccc(C(=O)Nc2cccnc2-n2cccn2)cc1S(=O)(=O)N1CCCC[C@@H]1C. The van der Waals surface area contributed by atoms with E-state index in [1.54, 1.807) is 36.8 Å². The molecule has 0 bridgehead atoms. The monoisotopic (exact) mass is 455 g/mol. The lowest BCUT2D eigenvalue weighted by atomic mass is 10.1. The standard InChI is InChI=1S/C22H25N5O4S/c1-16-7-3-4-14-27(16)32(29,30)20-15-17(9-10-19(20)31-2)22(28)25-18-8-5-11-23-21(18)26-13-6-12-24-26/h5-6,8-13,15-16H,3-4,7,14H2,1-2H3,(H,25,28)/t16-/m0/s1. The minimum atomic E-state index is -3.82. The van der Waals surface area contributed by atoms with Crippen molar-refractivity contribution in [3.63, 3.8) is 0 Å². The van der Waals surface area contributed by atoms with Gasteiger partial charge in [0, 0.05) is 36.7 Å². The number of sulfonamides is 1. The van der Waals surface area contributed by atoms with Crippen molar-refractivity contribution in [3.8, 4) is 11.6 Å². The number of ether oxygens (including phenoxy) is 1. The fraction of sp³-hybridized carbons (Fsp3) is 0.318. The fourth-order valence-corrected chi connectivity index (χ4v) is 5.72. The summed E-state index contributed by atoms with van der Waals surface area (Å²) >= 11 is 0. The largest absolute Gasteiger partial charge is 0.495 e. The van der Waals surface area contributed by atoms with Crippen molar-refractivity contribution < 1.29 is 17.9 Å². The van der Waals surface area contributed by atoms with Crippen molar-refractivity contribution in [2.45, 2.75) is 37.1 Å². The Morgan fingerprint density at radius 3 is 2.75 bits per heavy atom. The molecule has 1 atom stereocenters. The first kappa shape index (κ1) is 22.0. The first-order valence-corrected chi connectivity index (χ1v) is 11.8. The molecule has 1 N–H and O–H groups in total. The van der Waals surface area contributed by atoms with Crippen LogP contribution in [0.1, 0.15) is 36.5 Å². The highest BCUT2D eigenvalue weighted by Crippen LogP contribution is 2.32. The molecule has 1 aliphatic heterocycles. The number of benzene rings is 1. The Morgan fingerprint density at radius 2 is 2.03 bits per heavy atom. The molecule has 0 radical (unpaired) electrons. The van der Waals surface area contributed by atoms with E-state index in [1.807, 2.05) is 6.92 Å². The van der Waals surface area contributed by atoms with Gasteiger partial charge in [0.15, 0.2) is 5.82 Å². The van der Waals surface area contributed by atoms with Crippen LogP contribution in [0.2, 0.25) is 0 Å². The summed E-state index contributed by atoms with van der Waals surface area (Å²) in [7, 11) is -2.41. The van der Waals surface area contributed by atoms with Gasteiger partial charge in [-0.25, -0.2) is 18.1 Å². The van der Waals surface area contributed by atoms with E-state index in [0.717, 1.165) is 19.3 Å². The summed E-state index contributed by atoms with van der Waals surface area (Å²) in [6, 6.07) is 9.47. The minimum Gasteiger partial charge on any atom is -0.495 e. The Morgan fingerprint density at radius 1 is 1.19 bits per heavy atom. The van der Waals surface area contributed by atoms with Gasteiger partial charge in [0.25, 0.3) is 5.91 Å². The smallest absolute Gasteiger partial charge is 0.255 e. The maximum Gasteiger partial charge on any atom is 0.255 e. The third kappa shape index (κ3) is 4.23. The van der Waals surface area contributed by atoms with E-state index < -0.39 is 15.9 Å². The summed E-state index contributed by atoms with van der Waals surface area (Å²) in [6.07, 6.45) is 7.54. The summed E-state index contributed by atoms with van der Waals surface area (Å²) in [5, 5.41) is 6.96. The molecule has 2 aromatic heterocycles. The Kier molecular flexibility index (Phi) is 6.24. The maximum atomic E-state index is 13.4. The molecule has 10 heteroatoms. The predicted octanol–water partition coefficient (Wildman–Crippen LogP) is 3.09. The summed E-state index contributed by atoms with van der Waals surface area (Å²) in [5.41, 5.74) is 0.649. The van der Waals surface area contributed by atoms with E-state index in [9.17, 15) is 13.2 Å². The Labute approximate surface area is 187 Å². The molecule has 0 saturated carbocycles. The van der Waals surface area contributed by atoms with Crippen molar-refractivity contribution in [2.24, 2.45) is 0 Å². The van der Waals surface area contributed by atoms with Gasteiger partial charge in [0.2, 0.25) is 10.0 Å². The highest BCUT2D eigenvalue weighted by atomic mass is 32.2. The van der Waals surface area contributed by atoms with Crippen molar-refractivity contribution in [2.75, 3.05) is 19.0 Å². The molecule has 1 saturated heterocycles. The molecule has 1 aliphatic rings. The number of anilines is 1. The quantitative estimate of drug-likeness (QED) is 0.612. The number of aromatic nitrogens is 3. The summed E-state index contributed by atoms with van der Waals surface area (Å²) < 4.78 is 35.2. The summed E-state index contributed by atoms with van der Waals surface area (Å²) in [6.45, 7) is 2.35. The van der Waals surface area contributed by atoms with Gasteiger partial charge in [-0.15, -0.1) is 0 Å².